The van der Waals surface area contributed by atoms with Crippen LogP contribution < -0.4 is 10.1 Å². The Labute approximate surface area is 127 Å². The molecule has 0 bridgehead atoms. The Morgan fingerprint density at radius 3 is 3.00 bits per heavy atom. The highest BCUT2D eigenvalue weighted by molar-refractivity contribution is 9.10. The summed E-state index contributed by atoms with van der Waals surface area (Å²) in [5.41, 5.74) is 1.34. The molecule has 104 valence electrons. The first-order valence-electron chi connectivity index (χ1n) is 6.95. The van der Waals surface area contributed by atoms with Crippen molar-refractivity contribution in [3.8, 4) is 5.75 Å². The van der Waals surface area contributed by atoms with Gasteiger partial charge in [0.25, 0.3) is 0 Å². The molecule has 1 N–H and O–H groups in total. The van der Waals surface area contributed by atoms with Gasteiger partial charge in [0.05, 0.1) is 0 Å². The van der Waals surface area contributed by atoms with Crippen LogP contribution in [-0.2, 0) is 0 Å². The van der Waals surface area contributed by atoms with Gasteiger partial charge in [-0.25, -0.2) is 0 Å². The van der Waals surface area contributed by atoms with Gasteiger partial charge in [-0.3, -0.25) is 0 Å². The third kappa shape index (κ3) is 2.67. The van der Waals surface area contributed by atoms with Gasteiger partial charge in [-0.15, -0.1) is 0 Å². The Morgan fingerprint density at radius 2 is 2.32 bits per heavy atom. The normalized spacial score (nSPS) is 33.2. The summed E-state index contributed by atoms with van der Waals surface area (Å²) in [6.45, 7) is 5.48. The predicted molar refractivity (Wildman–Crippen MR) is 85.1 cm³/mol. The Bertz CT molecular complexity index is 481. The summed E-state index contributed by atoms with van der Waals surface area (Å²) in [4.78, 5) is 0. The second-order valence-corrected chi connectivity index (χ2v) is 7.95. The van der Waals surface area contributed by atoms with Crippen LogP contribution in [0.4, 0.5) is 0 Å². The Balaban J connectivity index is 1.95. The van der Waals surface area contributed by atoms with Crippen molar-refractivity contribution in [2.75, 3.05) is 12.3 Å². The number of hydrogen-bond donors (Lipinski definition) is 1. The zero-order valence-corrected chi connectivity index (χ0v) is 13.8. The van der Waals surface area contributed by atoms with Crippen LogP contribution in [0.15, 0.2) is 22.7 Å². The molecule has 2 heterocycles. The molecule has 2 aliphatic heterocycles. The van der Waals surface area contributed by atoms with E-state index in [1.54, 1.807) is 0 Å². The Morgan fingerprint density at radius 1 is 1.47 bits per heavy atom. The molecule has 3 unspecified atom stereocenters. The first kappa shape index (κ1) is 13.8. The van der Waals surface area contributed by atoms with Gasteiger partial charge in [-0.1, -0.05) is 35.8 Å². The number of fused-ring (bicyclic) bond motifs is 1. The van der Waals surface area contributed by atoms with E-state index in [2.05, 4.69) is 53.3 Å². The van der Waals surface area contributed by atoms with E-state index in [0.29, 0.717) is 11.3 Å². The number of benzene rings is 1. The summed E-state index contributed by atoms with van der Waals surface area (Å²) >= 11 is 5.59. The van der Waals surface area contributed by atoms with E-state index in [-0.39, 0.29) is 5.60 Å². The molecule has 4 heteroatoms. The fourth-order valence-electron chi connectivity index (χ4n) is 3.22. The Hall–Kier alpha value is -0.190. The molecule has 2 aliphatic rings. The van der Waals surface area contributed by atoms with Crippen molar-refractivity contribution in [3.63, 3.8) is 0 Å². The van der Waals surface area contributed by atoms with Crippen LogP contribution in [0.3, 0.4) is 0 Å². The third-order valence-electron chi connectivity index (χ3n) is 3.99. The minimum absolute atomic E-state index is 0.0325. The van der Waals surface area contributed by atoms with Gasteiger partial charge in [0.1, 0.15) is 11.4 Å². The largest absolute Gasteiger partial charge is 0.486 e. The van der Waals surface area contributed by atoms with Gasteiger partial charge in [-0.2, -0.15) is 11.8 Å². The highest BCUT2D eigenvalue weighted by Crippen LogP contribution is 2.48. The van der Waals surface area contributed by atoms with E-state index >= 15 is 0 Å². The van der Waals surface area contributed by atoms with E-state index in [1.807, 2.05) is 11.8 Å². The van der Waals surface area contributed by atoms with Crippen LogP contribution in [0.25, 0.3) is 0 Å². The van der Waals surface area contributed by atoms with Crippen molar-refractivity contribution in [1.82, 2.24) is 5.32 Å². The molecular formula is C15H20BrNOS. The fraction of sp³-hybridized carbons (Fsp3) is 0.600. The molecule has 3 rings (SSSR count). The lowest BCUT2D eigenvalue weighted by Gasteiger charge is -2.40. The van der Waals surface area contributed by atoms with Crippen LogP contribution in [-0.4, -0.2) is 23.1 Å². The summed E-state index contributed by atoms with van der Waals surface area (Å²) in [7, 11) is 0. The SMILES string of the molecule is CCNC1CC2(CSC(C)C2)Oc2cc(Br)ccc21. The van der Waals surface area contributed by atoms with Crippen molar-refractivity contribution in [3.05, 3.63) is 28.2 Å². The van der Waals surface area contributed by atoms with Gasteiger partial charge >= 0.3 is 0 Å². The zero-order chi connectivity index (χ0) is 13.5. The van der Waals surface area contributed by atoms with Crippen molar-refractivity contribution in [2.24, 2.45) is 0 Å². The number of thioether (sulfide) groups is 1. The summed E-state index contributed by atoms with van der Waals surface area (Å²) in [5.74, 6) is 2.17. The third-order valence-corrected chi connectivity index (χ3v) is 5.92. The molecule has 1 saturated heterocycles. The summed E-state index contributed by atoms with van der Waals surface area (Å²) in [6.07, 6.45) is 2.25. The smallest absolute Gasteiger partial charge is 0.126 e. The van der Waals surface area contributed by atoms with E-state index < -0.39 is 0 Å². The molecule has 1 fully saturated rings. The maximum atomic E-state index is 6.42. The molecule has 1 aromatic carbocycles. The molecule has 0 radical (unpaired) electrons. The summed E-state index contributed by atoms with van der Waals surface area (Å²) < 4.78 is 7.51. The lowest BCUT2D eigenvalue weighted by molar-refractivity contribution is 0.0516. The van der Waals surface area contributed by atoms with Crippen LogP contribution in [0.5, 0.6) is 5.75 Å². The van der Waals surface area contributed by atoms with E-state index in [0.717, 1.165) is 35.4 Å². The molecule has 0 aromatic heterocycles. The van der Waals surface area contributed by atoms with Crippen molar-refractivity contribution in [1.29, 1.82) is 0 Å². The van der Waals surface area contributed by atoms with Crippen molar-refractivity contribution >= 4 is 27.7 Å². The zero-order valence-electron chi connectivity index (χ0n) is 11.4. The van der Waals surface area contributed by atoms with E-state index in [1.165, 1.54) is 5.56 Å². The monoisotopic (exact) mass is 341 g/mol. The molecule has 0 amide bonds. The molecule has 0 saturated carbocycles. The summed E-state index contributed by atoms with van der Waals surface area (Å²) in [5, 5.41) is 4.33. The molecule has 19 heavy (non-hydrogen) atoms. The lowest BCUT2D eigenvalue weighted by atomic mass is 9.85. The highest BCUT2D eigenvalue weighted by Gasteiger charge is 2.45. The lowest BCUT2D eigenvalue weighted by Crippen LogP contribution is -2.44. The van der Waals surface area contributed by atoms with Crippen LogP contribution in [0.1, 0.15) is 38.3 Å². The molecule has 2 nitrogen and oxygen atoms in total. The first-order chi connectivity index (χ1) is 9.12. The van der Waals surface area contributed by atoms with Gasteiger partial charge < -0.3 is 10.1 Å². The number of nitrogens with one attached hydrogen (secondary N) is 1. The van der Waals surface area contributed by atoms with Crippen molar-refractivity contribution in [2.45, 2.75) is 43.6 Å². The first-order valence-corrected chi connectivity index (χ1v) is 8.79. The minimum Gasteiger partial charge on any atom is -0.486 e. The van der Waals surface area contributed by atoms with Crippen LogP contribution in [0, 0.1) is 0 Å². The molecule has 3 atom stereocenters. The minimum atomic E-state index is 0.0325. The van der Waals surface area contributed by atoms with Crippen molar-refractivity contribution < 1.29 is 4.74 Å². The maximum absolute atomic E-state index is 6.42. The highest BCUT2D eigenvalue weighted by atomic mass is 79.9. The predicted octanol–water partition coefficient (Wildman–Crippen LogP) is 4.15. The molecule has 0 aliphatic carbocycles. The van der Waals surface area contributed by atoms with Gasteiger partial charge in [0.2, 0.25) is 0 Å². The fourth-order valence-corrected chi connectivity index (χ4v) is 4.86. The maximum Gasteiger partial charge on any atom is 0.126 e. The molecule has 1 spiro atoms. The second-order valence-electron chi connectivity index (χ2n) is 5.61. The second kappa shape index (κ2) is 5.30. The van der Waals surface area contributed by atoms with E-state index in [4.69, 9.17) is 4.74 Å². The number of ether oxygens (including phenoxy) is 1. The van der Waals surface area contributed by atoms with Gasteiger partial charge in [0, 0.05) is 33.5 Å². The molecule has 1 aromatic rings. The number of rotatable bonds is 2. The van der Waals surface area contributed by atoms with Gasteiger partial charge in [0.15, 0.2) is 0 Å². The average molecular weight is 342 g/mol. The molecular weight excluding hydrogens is 322 g/mol. The Kier molecular flexibility index (Phi) is 3.84. The number of halogens is 1. The van der Waals surface area contributed by atoms with E-state index in [9.17, 15) is 0 Å². The topological polar surface area (TPSA) is 21.3 Å². The quantitative estimate of drug-likeness (QED) is 0.873. The average Bonchev–Trinajstić information content (AvgIpc) is 2.70. The number of hydrogen-bond acceptors (Lipinski definition) is 3. The van der Waals surface area contributed by atoms with Crippen LogP contribution >= 0.6 is 27.7 Å². The standard InChI is InChI=1S/C15H20BrNOS/c1-3-17-13-8-15(7-10(2)19-9-15)18-14-6-11(16)4-5-12(13)14/h4-6,10,13,17H,3,7-9H2,1-2H3. The van der Waals surface area contributed by atoms with Gasteiger partial charge in [-0.05, 0) is 25.1 Å². The van der Waals surface area contributed by atoms with Crippen LogP contribution in [0.2, 0.25) is 0 Å². The summed E-state index contributed by atoms with van der Waals surface area (Å²) in [6, 6.07) is 6.84.